The Labute approximate surface area is 168 Å². The van der Waals surface area contributed by atoms with E-state index in [0.29, 0.717) is 23.6 Å². The van der Waals surface area contributed by atoms with Crippen LogP contribution >= 0.6 is 11.6 Å². The van der Waals surface area contributed by atoms with Crippen LogP contribution in [0.5, 0.6) is 11.5 Å². The fourth-order valence-corrected chi connectivity index (χ4v) is 3.06. The van der Waals surface area contributed by atoms with Gasteiger partial charge in [-0.25, -0.2) is 5.43 Å². The van der Waals surface area contributed by atoms with Gasteiger partial charge < -0.3 is 9.84 Å². The molecule has 3 rings (SSSR count). The summed E-state index contributed by atoms with van der Waals surface area (Å²) in [4.78, 5) is 11.9. The number of ether oxygens (including phenoxy) is 1. The fourth-order valence-electron chi connectivity index (χ4n) is 2.83. The van der Waals surface area contributed by atoms with Crippen LogP contribution in [0.1, 0.15) is 24.0 Å². The fraction of sp³-hybridized carbons (Fsp3) is 0.182. The van der Waals surface area contributed by atoms with Crippen LogP contribution in [0, 0.1) is 6.92 Å². The van der Waals surface area contributed by atoms with Gasteiger partial charge in [0.2, 0.25) is 5.91 Å². The van der Waals surface area contributed by atoms with Crippen LogP contribution in [0.2, 0.25) is 5.02 Å². The maximum atomic E-state index is 11.9. The molecule has 0 spiro atoms. The molecule has 0 aliphatic heterocycles. The Kier molecular flexibility index (Phi) is 6.50. The number of fused-ring (bicyclic) bond motifs is 1. The summed E-state index contributed by atoms with van der Waals surface area (Å²) >= 11 is 5.92. The van der Waals surface area contributed by atoms with Crippen molar-refractivity contribution >= 4 is 34.5 Å². The average Bonchev–Trinajstić information content (AvgIpc) is 2.68. The average molecular weight is 397 g/mol. The molecular formula is C22H21ClN2O3. The molecule has 144 valence electrons. The molecule has 0 saturated carbocycles. The Morgan fingerprint density at radius 1 is 1.21 bits per heavy atom. The van der Waals surface area contributed by atoms with Crippen molar-refractivity contribution in [2.45, 2.75) is 19.8 Å². The molecule has 5 nitrogen and oxygen atoms in total. The molecule has 0 aliphatic carbocycles. The van der Waals surface area contributed by atoms with Gasteiger partial charge in [0.1, 0.15) is 11.5 Å². The topological polar surface area (TPSA) is 70.9 Å². The number of hydrogen-bond acceptors (Lipinski definition) is 4. The number of aryl methyl sites for hydroxylation is 1. The van der Waals surface area contributed by atoms with Crippen LogP contribution in [0.4, 0.5) is 0 Å². The van der Waals surface area contributed by atoms with E-state index >= 15 is 0 Å². The van der Waals surface area contributed by atoms with Gasteiger partial charge in [-0.1, -0.05) is 41.9 Å². The number of phenolic OH excluding ortho intramolecular Hbond substituents is 1. The molecule has 0 fully saturated rings. The second-order valence-electron chi connectivity index (χ2n) is 6.37. The number of hydrogen-bond donors (Lipinski definition) is 2. The van der Waals surface area contributed by atoms with Gasteiger partial charge in [0, 0.05) is 17.0 Å². The van der Waals surface area contributed by atoms with E-state index in [0.717, 1.165) is 22.1 Å². The predicted octanol–water partition coefficient (Wildman–Crippen LogP) is 4.82. The van der Waals surface area contributed by atoms with Gasteiger partial charge in [0.25, 0.3) is 0 Å². The summed E-state index contributed by atoms with van der Waals surface area (Å²) in [5.74, 6) is 0.657. The van der Waals surface area contributed by atoms with E-state index in [1.807, 2.05) is 49.4 Å². The molecule has 2 N–H and O–H groups in total. The standard InChI is InChI=1S/C22H21ClN2O3/c1-15-13-17(23)9-11-21(15)28-12-4-7-22(27)25-24-14-19-18-6-3-2-5-16(18)8-10-20(19)26/h2-3,5-6,8-11,13-14,26H,4,7,12H2,1H3,(H,25,27)/b24-14+. The van der Waals surface area contributed by atoms with E-state index in [2.05, 4.69) is 10.5 Å². The third-order valence-electron chi connectivity index (χ3n) is 4.27. The molecule has 6 heteroatoms. The van der Waals surface area contributed by atoms with Crippen molar-refractivity contribution in [2.24, 2.45) is 5.10 Å². The lowest BCUT2D eigenvalue weighted by Crippen LogP contribution is -2.18. The zero-order valence-electron chi connectivity index (χ0n) is 15.5. The quantitative estimate of drug-likeness (QED) is 0.342. The first kappa shape index (κ1) is 19.7. The lowest BCUT2D eigenvalue weighted by Gasteiger charge is -2.09. The first-order valence-corrected chi connectivity index (χ1v) is 9.34. The minimum absolute atomic E-state index is 0.114. The highest BCUT2D eigenvalue weighted by molar-refractivity contribution is 6.30. The SMILES string of the molecule is Cc1cc(Cl)ccc1OCCCC(=O)N/N=C/c1c(O)ccc2ccccc12. The van der Waals surface area contributed by atoms with Crippen molar-refractivity contribution in [1.82, 2.24) is 5.43 Å². The Hall–Kier alpha value is -3.05. The smallest absolute Gasteiger partial charge is 0.240 e. The highest BCUT2D eigenvalue weighted by atomic mass is 35.5. The molecular weight excluding hydrogens is 376 g/mol. The molecule has 0 radical (unpaired) electrons. The van der Waals surface area contributed by atoms with Crippen molar-refractivity contribution in [3.05, 3.63) is 70.7 Å². The number of nitrogens with zero attached hydrogens (tertiary/aromatic N) is 1. The molecule has 0 heterocycles. The molecule has 1 amide bonds. The third kappa shape index (κ3) is 5.02. The van der Waals surface area contributed by atoms with Crippen LogP contribution < -0.4 is 10.2 Å². The van der Waals surface area contributed by atoms with Crippen molar-refractivity contribution in [1.29, 1.82) is 0 Å². The molecule has 0 aromatic heterocycles. The summed E-state index contributed by atoms with van der Waals surface area (Å²) in [6, 6.07) is 16.5. The Balaban J connectivity index is 1.49. The molecule has 0 bridgehead atoms. The van der Waals surface area contributed by atoms with Crippen molar-refractivity contribution < 1.29 is 14.6 Å². The number of aromatic hydroxyl groups is 1. The molecule has 0 atom stereocenters. The summed E-state index contributed by atoms with van der Waals surface area (Å²) in [5, 5.41) is 16.6. The molecule has 0 saturated heterocycles. The van der Waals surface area contributed by atoms with Gasteiger partial charge in [-0.15, -0.1) is 0 Å². The number of rotatable bonds is 7. The minimum Gasteiger partial charge on any atom is -0.507 e. The monoisotopic (exact) mass is 396 g/mol. The summed E-state index contributed by atoms with van der Waals surface area (Å²) in [6.45, 7) is 2.34. The number of phenols is 1. The van der Waals surface area contributed by atoms with Crippen molar-refractivity contribution in [2.75, 3.05) is 6.61 Å². The maximum Gasteiger partial charge on any atom is 0.240 e. The normalized spacial score (nSPS) is 11.1. The van der Waals surface area contributed by atoms with E-state index in [9.17, 15) is 9.90 Å². The number of carbonyl (C=O) groups is 1. The van der Waals surface area contributed by atoms with Crippen LogP contribution in [-0.4, -0.2) is 23.8 Å². The van der Waals surface area contributed by atoms with E-state index in [1.165, 1.54) is 6.21 Å². The van der Waals surface area contributed by atoms with Gasteiger partial charge in [-0.05, 0) is 53.9 Å². The second kappa shape index (κ2) is 9.24. The number of benzene rings is 3. The molecule has 0 aliphatic rings. The maximum absolute atomic E-state index is 11.9. The third-order valence-corrected chi connectivity index (χ3v) is 4.51. The van der Waals surface area contributed by atoms with E-state index in [-0.39, 0.29) is 18.1 Å². The zero-order valence-corrected chi connectivity index (χ0v) is 16.2. The summed E-state index contributed by atoms with van der Waals surface area (Å²) in [5.41, 5.74) is 4.01. The second-order valence-corrected chi connectivity index (χ2v) is 6.81. The lowest BCUT2D eigenvalue weighted by molar-refractivity contribution is -0.121. The number of amides is 1. The van der Waals surface area contributed by atoms with Gasteiger partial charge in [-0.2, -0.15) is 5.10 Å². The molecule has 28 heavy (non-hydrogen) atoms. The van der Waals surface area contributed by atoms with E-state index in [4.69, 9.17) is 16.3 Å². The zero-order chi connectivity index (χ0) is 19.9. The van der Waals surface area contributed by atoms with Gasteiger partial charge in [-0.3, -0.25) is 4.79 Å². The summed E-state index contributed by atoms with van der Waals surface area (Å²) in [6.07, 6.45) is 2.30. The van der Waals surface area contributed by atoms with Crippen LogP contribution in [0.25, 0.3) is 10.8 Å². The van der Waals surface area contributed by atoms with E-state index in [1.54, 1.807) is 12.1 Å². The lowest BCUT2D eigenvalue weighted by atomic mass is 10.0. The minimum atomic E-state index is -0.215. The first-order valence-electron chi connectivity index (χ1n) is 8.96. The largest absolute Gasteiger partial charge is 0.507 e. The highest BCUT2D eigenvalue weighted by Gasteiger charge is 2.05. The summed E-state index contributed by atoms with van der Waals surface area (Å²) < 4.78 is 5.67. The number of halogens is 1. The number of nitrogens with one attached hydrogen (secondary N) is 1. The van der Waals surface area contributed by atoms with Crippen LogP contribution in [0.3, 0.4) is 0 Å². The van der Waals surface area contributed by atoms with E-state index < -0.39 is 0 Å². The van der Waals surface area contributed by atoms with Crippen LogP contribution in [-0.2, 0) is 4.79 Å². The highest BCUT2D eigenvalue weighted by Crippen LogP contribution is 2.25. The summed E-state index contributed by atoms with van der Waals surface area (Å²) in [7, 11) is 0. The number of hydrazone groups is 1. The van der Waals surface area contributed by atoms with Crippen molar-refractivity contribution in [3.63, 3.8) is 0 Å². The molecule has 3 aromatic rings. The van der Waals surface area contributed by atoms with Crippen LogP contribution in [0.15, 0.2) is 59.7 Å². The predicted molar refractivity (Wildman–Crippen MR) is 112 cm³/mol. The Morgan fingerprint density at radius 3 is 2.86 bits per heavy atom. The molecule has 0 unspecified atom stereocenters. The number of carbonyl (C=O) groups excluding carboxylic acids is 1. The first-order chi connectivity index (χ1) is 13.5. The van der Waals surface area contributed by atoms with Crippen molar-refractivity contribution in [3.8, 4) is 11.5 Å². The molecule has 3 aromatic carbocycles. The van der Waals surface area contributed by atoms with Gasteiger partial charge in [0.05, 0.1) is 12.8 Å². The Bertz CT molecular complexity index is 1020. The van der Waals surface area contributed by atoms with Gasteiger partial charge >= 0.3 is 0 Å². The Morgan fingerprint density at radius 2 is 2.04 bits per heavy atom. The van der Waals surface area contributed by atoms with Gasteiger partial charge in [0.15, 0.2) is 0 Å².